The maximum atomic E-state index is 12.7. The van der Waals surface area contributed by atoms with Crippen molar-refractivity contribution in [2.24, 2.45) is 0 Å². The van der Waals surface area contributed by atoms with E-state index in [-0.39, 0.29) is 11.4 Å². The minimum Gasteiger partial charge on any atom is -0.290 e. The van der Waals surface area contributed by atoms with Gasteiger partial charge in [0.15, 0.2) is 0 Å². The molecule has 0 unspecified atom stereocenters. The van der Waals surface area contributed by atoms with Crippen LogP contribution in [0.5, 0.6) is 0 Å². The standard InChI is InChI=1S/C20H18N4O3S/c25-20-22-19(28-13-14-7-9-16(10-8-14)24(26)27)17-5-3-6-18(17)23(20)12-15-4-1-2-11-21-15/h1-2,4,7-11H,3,5-6,12-13H2. The fourth-order valence-electron chi connectivity index (χ4n) is 3.39. The summed E-state index contributed by atoms with van der Waals surface area (Å²) in [4.78, 5) is 31.7. The van der Waals surface area contributed by atoms with Crippen molar-refractivity contribution in [2.75, 3.05) is 0 Å². The molecule has 0 aliphatic heterocycles. The van der Waals surface area contributed by atoms with Crippen molar-refractivity contribution < 1.29 is 4.92 Å². The highest BCUT2D eigenvalue weighted by molar-refractivity contribution is 7.98. The first kappa shape index (κ1) is 18.4. The summed E-state index contributed by atoms with van der Waals surface area (Å²) < 4.78 is 1.74. The third kappa shape index (κ3) is 3.82. The maximum Gasteiger partial charge on any atom is 0.349 e. The van der Waals surface area contributed by atoms with Gasteiger partial charge in [-0.3, -0.25) is 19.7 Å². The summed E-state index contributed by atoms with van der Waals surface area (Å²) in [6.45, 7) is 0.433. The van der Waals surface area contributed by atoms with Crippen LogP contribution >= 0.6 is 11.8 Å². The van der Waals surface area contributed by atoms with Gasteiger partial charge in [0, 0.05) is 35.3 Å². The summed E-state index contributed by atoms with van der Waals surface area (Å²) in [6, 6.07) is 12.2. The molecule has 8 heteroatoms. The lowest BCUT2D eigenvalue weighted by Crippen LogP contribution is -2.28. The van der Waals surface area contributed by atoms with Crippen LogP contribution in [-0.2, 0) is 25.1 Å². The largest absolute Gasteiger partial charge is 0.349 e. The Labute approximate surface area is 165 Å². The Morgan fingerprint density at radius 1 is 1.14 bits per heavy atom. The average Bonchev–Trinajstić information content (AvgIpc) is 3.20. The van der Waals surface area contributed by atoms with Gasteiger partial charge < -0.3 is 0 Å². The monoisotopic (exact) mass is 394 g/mol. The van der Waals surface area contributed by atoms with Crippen molar-refractivity contribution in [2.45, 2.75) is 36.6 Å². The van der Waals surface area contributed by atoms with E-state index in [0.717, 1.165) is 46.8 Å². The molecule has 0 fully saturated rings. The highest BCUT2D eigenvalue weighted by Gasteiger charge is 2.22. The van der Waals surface area contributed by atoms with Crippen molar-refractivity contribution in [3.05, 3.63) is 91.8 Å². The van der Waals surface area contributed by atoms with Gasteiger partial charge in [-0.05, 0) is 37.0 Å². The summed E-state index contributed by atoms with van der Waals surface area (Å²) in [5.41, 5.74) is 3.82. The Morgan fingerprint density at radius 3 is 2.68 bits per heavy atom. The topological polar surface area (TPSA) is 90.9 Å². The Morgan fingerprint density at radius 2 is 1.96 bits per heavy atom. The lowest BCUT2D eigenvalue weighted by molar-refractivity contribution is -0.384. The molecule has 7 nitrogen and oxygen atoms in total. The zero-order valence-electron chi connectivity index (χ0n) is 15.1. The van der Waals surface area contributed by atoms with Crippen molar-refractivity contribution in [3.63, 3.8) is 0 Å². The summed E-state index contributed by atoms with van der Waals surface area (Å²) in [5, 5.41) is 11.5. The number of nitro groups is 1. The molecule has 0 radical (unpaired) electrons. The number of hydrogen-bond acceptors (Lipinski definition) is 6. The van der Waals surface area contributed by atoms with Crippen LogP contribution in [0.3, 0.4) is 0 Å². The van der Waals surface area contributed by atoms with Crippen LogP contribution in [0.25, 0.3) is 0 Å². The Kier molecular flexibility index (Phi) is 5.21. The molecule has 1 aliphatic rings. The van der Waals surface area contributed by atoms with Gasteiger partial charge in [0.2, 0.25) is 0 Å². The second-order valence-electron chi connectivity index (χ2n) is 6.60. The second kappa shape index (κ2) is 7.93. The highest BCUT2D eigenvalue weighted by atomic mass is 32.2. The number of thioether (sulfide) groups is 1. The molecule has 0 amide bonds. The third-order valence-corrected chi connectivity index (χ3v) is 5.86. The number of hydrogen-bond donors (Lipinski definition) is 0. The van der Waals surface area contributed by atoms with Crippen LogP contribution < -0.4 is 5.69 Å². The number of pyridine rings is 1. The summed E-state index contributed by atoms with van der Waals surface area (Å²) in [7, 11) is 0. The quantitative estimate of drug-likeness (QED) is 0.275. The van der Waals surface area contributed by atoms with Gasteiger partial charge in [0.1, 0.15) is 5.03 Å². The van der Waals surface area contributed by atoms with Crippen LogP contribution in [0.2, 0.25) is 0 Å². The molecule has 0 N–H and O–H groups in total. The fourth-order valence-corrected chi connectivity index (χ4v) is 4.42. The van der Waals surface area contributed by atoms with Gasteiger partial charge in [0.05, 0.1) is 17.2 Å². The first-order valence-electron chi connectivity index (χ1n) is 9.00. The molecule has 142 valence electrons. The van der Waals surface area contributed by atoms with E-state index in [1.165, 1.54) is 23.9 Å². The van der Waals surface area contributed by atoms with Crippen molar-refractivity contribution in [1.29, 1.82) is 0 Å². The van der Waals surface area contributed by atoms with Crippen molar-refractivity contribution in [1.82, 2.24) is 14.5 Å². The lowest BCUT2D eigenvalue weighted by atomic mass is 10.2. The number of rotatable bonds is 6. The Hall–Kier alpha value is -3.00. The Balaban J connectivity index is 1.57. The molecule has 0 atom stereocenters. The molecular formula is C20H18N4O3S. The second-order valence-corrected chi connectivity index (χ2v) is 7.56. The summed E-state index contributed by atoms with van der Waals surface area (Å²) >= 11 is 1.51. The van der Waals surface area contributed by atoms with E-state index >= 15 is 0 Å². The third-order valence-electron chi connectivity index (χ3n) is 4.77. The number of aromatic nitrogens is 3. The molecule has 0 saturated heterocycles. The molecule has 1 aromatic carbocycles. The van der Waals surface area contributed by atoms with Crippen molar-refractivity contribution in [3.8, 4) is 0 Å². The molecule has 28 heavy (non-hydrogen) atoms. The number of non-ortho nitro benzene ring substituents is 1. The molecular weight excluding hydrogens is 376 g/mol. The number of benzene rings is 1. The van der Waals surface area contributed by atoms with Crippen molar-refractivity contribution >= 4 is 17.4 Å². The smallest absolute Gasteiger partial charge is 0.290 e. The lowest BCUT2D eigenvalue weighted by Gasteiger charge is -2.14. The van der Waals surface area contributed by atoms with E-state index < -0.39 is 4.92 Å². The van der Waals surface area contributed by atoms with E-state index in [4.69, 9.17) is 0 Å². The van der Waals surface area contributed by atoms with Crippen LogP contribution in [0.4, 0.5) is 5.69 Å². The summed E-state index contributed by atoms with van der Waals surface area (Å²) in [6.07, 6.45) is 4.51. The van der Waals surface area contributed by atoms with Gasteiger partial charge in [-0.1, -0.05) is 18.2 Å². The van der Waals surface area contributed by atoms with Gasteiger partial charge in [-0.2, -0.15) is 4.98 Å². The number of fused-ring (bicyclic) bond motifs is 1. The molecule has 0 spiro atoms. The predicted molar refractivity (Wildman–Crippen MR) is 107 cm³/mol. The van der Waals surface area contributed by atoms with E-state index in [0.29, 0.717) is 12.3 Å². The van der Waals surface area contributed by atoms with E-state index in [1.807, 2.05) is 18.2 Å². The zero-order chi connectivity index (χ0) is 19.5. The molecule has 2 aromatic heterocycles. The minimum absolute atomic E-state index is 0.0740. The van der Waals surface area contributed by atoms with E-state index in [9.17, 15) is 14.9 Å². The zero-order valence-corrected chi connectivity index (χ0v) is 15.9. The van der Waals surface area contributed by atoms with Crippen LogP contribution in [-0.4, -0.2) is 19.5 Å². The first-order valence-corrected chi connectivity index (χ1v) is 9.99. The predicted octanol–water partition coefficient (Wildman–Crippen LogP) is 3.38. The van der Waals surface area contributed by atoms with Gasteiger partial charge in [-0.15, -0.1) is 11.8 Å². The first-order chi connectivity index (χ1) is 13.6. The van der Waals surface area contributed by atoms with Crippen LogP contribution in [0.1, 0.15) is 28.9 Å². The summed E-state index contributed by atoms with van der Waals surface area (Å²) in [5.74, 6) is 0.612. The number of nitrogens with zero attached hydrogens (tertiary/aromatic N) is 4. The SMILES string of the molecule is O=c1nc(SCc2ccc([N+](=O)[O-])cc2)c2c(n1Cc1ccccn1)CCC2. The Bertz CT molecular complexity index is 1070. The average molecular weight is 394 g/mol. The molecule has 4 rings (SSSR count). The van der Waals surface area contributed by atoms with E-state index in [1.54, 1.807) is 22.9 Å². The van der Waals surface area contributed by atoms with Gasteiger partial charge in [0.25, 0.3) is 5.69 Å². The van der Waals surface area contributed by atoms with E-state index in [2.05, 4.69) is 9.97 Å². The normalized spacial score (nSPS) is 12.7. The molecule has 0 bridgehead atoms. The maximum absolute atomic E-state index is 12.7. The molecule has 0 saturated carbocycles. The number of nitro benzene ring substituents is 1. The fraction of sp³-hybridized carbons (Fsp3) is 0.250. The van der Waals surface area contributed by atoms with Gasteiger partial charge in [-0.25, -0.2) is 4.79 Å². The van der Waals surface area contributed by atoms with Crippen LogP contribution in [0.15, 0.2) is 58.5 Å². The van der Waals surface area contributed by atoms with Crippen LogP contribution in [0, 0.1) is 10.1 Å². The molecule has 3 aromatic rings. The highest BCUT2D eigenvalue weighted by Crippen LogP contribution is 2.31. The molecule has 2 heterocycles. The molecule has 1 aliphatic carbocycles. The van der Waals surface area contributed by atoms with Gasteiger partial charge >= 0.3 is 5.69 Å². The minimum atomic E-state index is -0.410.